The lowest BCUT2D eigenvalue weighted by molar-refractivity contribution is -0.140. The van der Waals surface area contributed by atoms with Crippen LogP contribution in [0.15, 0.2) is 91.0 Å². The van der Waals surface area contributed by atoms with Crippen LogP contribution >= 0.6 is 0 Å². The quantitative estimate of drug-likeness (QED) is 0.163. The largest absolute Gasteiger partial charge is 0.480 e. The summed E-state index contributed by atoms with van der Waals surface area (Å²) in [5, 5.41) is 23.7. The second-order valence-corrected chi connectivity index (χ2v) is 12.7. The number of carboxylic acids is 1. The van der Waals surface area contributed by atoms with Gasteiger partial charge in [-0.15, -0.1) is 0 Å². The molecule has 0 aliphatic carbocycles. The van der Waals surface area contributed by atoms with Crippen LogP contribution in [0.1, 0.15) is 37.5 Å². The van der Waals surface area contributed by atoms with Crippen molar-refractivity contribution in [3.05, 3.63) is 108 Å². The molecular weight excluding hydrogens is 646 g/mol. The molecule has 0 unspecified atom stereocenters. The van der Waals surface area contributed by atoms with Crippen LogP contribution in [0.3, 0.4) is 0 Å². The van der Waals surface area contributed by atoms with Crippen molar-refractivity contribution in [3.8, 4) is 6.01 Å². The average molecular weight is 690 g/mol. The van der Waals surface area contributed by atoms with Crippen LogP contribution in [0.25, 0.3) is 0 Å². The lowest BCUT2D eigenvalue weighted by atomic mass is 10.1. The van der Waals surface area contributed by atoms with E-state index in [9.17, 15) is 14.7 Å². The Kier molecular flexibility index (Phi) is 12.9. The van der Waals surface area contributed by atoms with E-state index in [0.29, 0.717) is 19.8 Å². The summed E-state index contributed by atoms with van der Waals surface area (Å²) in [5.41, 5.74) is 2.18. The Morgan fingerprint density at radius 1 is 0.840 bits per heavy atom. The van der Waals surface area contributed by atoms with Gasteiger partial charge in [0.25, 0.3) is 0 Å². The van der Waals surface area contributed by atoms with Crippen molar-refractivity contribution in [1.82, 2.24) is 25.5 Å². The zero-order valence-corrected chi connectivity index (χ0v) is 28.3. The van der Waals surface area contributed by atoms with Gasteiger partial charge in [0.1, 0.15) is 36.6 Å². The number of carbonyl (C=O) groups is 2. The molecule has 4 aromatic rings. The molecule has 0 spiro atoms. The summed E-state index contributed by atoms with van der Waals surface area (Å²) >= 11 is 0. The molecule has 3 aromatic carbocycles. The van der Waals surface area contributed by atoms with Gasteiger partial charge in [0.2, 0.25) is 0 Å². The Labute approximate surface area is 290 Å². The van der Waals surface area contributed by atoms with Gasteiger partial charge in [0.05, 0.1) is 33.0 Å². The Morgan fingerprint density at radius 3 is 1.92 bits per heavy atom. The van der Waals surface area contributed by atoms with Crippen molar-refractivity contribution >= 4 is 12.1 Å². The van der Waals surface area contributed by atoms with Crippen molar-refractivity contribution in [1.29, 1.82) is 0 Å². The highest BCUT2D eigenvalue weighted by atomic mass is 16.6. The molecule has 1 aromatic heterocycles. The Balaban J connectivity index is 1.32. The first-order valence-corrected chi connectivity index (χ1v) is 16.3. The fourth-order valence-electron chi connectivity index (χ4n) is 5.26. The molecule has 2 heterocycles. The summed E-state index contributed by atoms with van der Waals surface area (Å²) in [6.45, 7) is 5.87. The number of carbonyl (C=O) groups excluding carboxylic acids is 1. The van der Waals surface area contributed by atoms with E-state index in [1.165, 1.54) is 4.68 Å². The van der Waals surface area contributed by atoms with Gasteiger partial charge in [-0.25, -0.2) is 9.59 Å². The minimum atomic E-state index is -1.43. The summed E-state index contributed by atoms with van der Waals surface area (Å²) < 4.78 is 38.0. The zero-order valence-electron chi connectivity index (χ0n) is 28.3. The van der Waals surface area contributed by atoms with Gasteiger partial charge in [-0.1, -0.05) is 96.1 Å². The number of hydrogen-bond acceptors (Lipinski definition) is 11. The molecule has 1 saturated heterocycles. The van der Waals surface area contributed by atoms with Gasteiger partial charge in [-0.05, 0) is 47.9 Å². The molecule has 0 saturated carbocycles. The highest BCUT2D eigenvalue weighted by Gasteiger charge is 2.47. The van der Waals surface area contributed by atoms with Crippen LogP contribution in [0.4, 0.5) is 4.79 Å². The first kappa shape index (κ1) is 36.4. The third kappa shape index (κ3) is 11.1. The van der Waals surface area contributed by atoms with Crippen LogP contribution in [0.5, 0.6) is 6.01 Å². The van der Waals surface area contributed by atoms with E-state index < -0.39 is 54.7 Å². The smallest absolute Gasteiger partial charge is 0.408 e. The predicted octanol–water partition coefficient (Wildman–Crippen LogP) is 4.18. The maximum Gasteiger partial charge on any atom is 0.408 e. The van der Waals surface area contributed by atoms with Crippen LogP contribution in [0.2, 0.25) is 0 Å². The molecule has 1 aliphatic heterocycles. The molecule has 1 aliphatic rings. The minimum absolute atomic E-state index is 0.0711. The van der Waals surface area contributed by atoms with Gasteiger partial charge >= 0.3 is 18.1 Å². The number of ether oxygens (including phenoxy) is 6. The fraction of sp³-hybridized carbons (Fsp3) is 0.417. The number of nitrogens with zero attached hydrogens (tertiary/aromatic N) is 4. The lowest BCUT2D eigenvalue weighted by Gasteiger charge is -2.25. The van der Waals surface area contributed by atoms with E-state index in [1.54, 1.807) is 20.8 Å². The summed E-state index contributed by atoms with van der Waals surface area (Å²) in [5.74, 6) is -1.32. The summed E-state index contributed by atoms with van der Waals surface area (Å²) in [4.78, 5) is 24.1. The molecule has 5 atom stereocenters. The normalized spacial score (nSPS) is 19.5. The van der Waals surface area contributed by atoms with Gasteiger partial charge in [-0.2, -0.15) is 4.68 Å². The molecule has 2 N–H and O–H groups in total. The van der Waals surface area contributed by atoms with Gasteiger partial charge in [0, 0.05) is 0 Å². The molecular formula is C36H43N5O9. The van der Waals surface area contributed by atoms with E-state index in [0.717, 1.165) is 16.7 Å². The van der Waals surface area contributed by atoms with Crippen molar-refractivity contribution < 1.29 is 43.1 Å². The Bertz CT molecular complexity index is 1620. The van der Waals surface area contributed by atoms with E-state index in [1.807, 2.05) is 91.0 Å². The number of carboxylic acid groups (broad SMARTS) is 1. The van der Waals surface area contributed by atoms with Crippen LogP contribution in [0, 0.1) is 0 Å². The molecule has 14 heteroatoms. The lowest BCUT2D eigenvalue weighted by Crippen LogP contribution is -2.46. The third-order valence-corrected chi connectivity index (χ3v) is 7.59. The van der Waals surface area contributed by atoms with Crippen LogP contribution in [-0.4, -0.2) is 86.6 Å². The minimum Gasteiger partial charge on any atom is -0.480 e. The second-order valence-electron chi connectivity index (χ2n) is 12.7. The SMILES string of the molecule is CC(C)(C)OC(=O)N[C@@H](COc1nnnn1C[C@H]1O[C@H](COCc2ccccc2)[C@@H](OCc2ccccc2)[C@H]1OCc1ccccc1)C(=O)O. The Morgan fingerprint density at radius 2 is 1.38 bits per heavy atom. The molecule has 266 valence electrons. The fourth-order valence-corrected chi connectivity index (χ4v) is 5.26. The van der Waals surface area contributed by atoms with E-state index in [2.05, 4.69) is 20.8 Å². The molecule has 5 rings (SSSR count). The monoisotopic (exact) mass is 689 g/mol. The van der Waals surface area contributed by atoms with Crippen molar-refractivity contribution in [2.45, 2.75) is 83.2 Å². The number of rotatable bonds is 17. The maximum atomic E-state index is 12.2. The summed E-state index contributed by atoms with van der Waals surface area (Å²) in [7, 11) is 0. The van der Waals surface area contributed by atoms with E-state index >= 15 is 0 Å². The predicted molar refractivity (Wildman–Crippen MR) is 179 cm³/mol. The highest BCUT2D eigenvalue weighted by Crippen LogP contribution is 2.31. The van der Waals surface area contributed by atoms with Gasteiger partial charge < -0.3 is 38.8 Å². The number of alkyl carbamates (subject to hydrolysis) is 1. The molecule has 1 amide bonds. The molecule has 0 bridgehead atoms. The van der Waals surface area contributed by atoms with Crippen LogP contribution in [-0.2, 0) is 54.8 Å². The van der Waals surface area contributed by atoms with E-state index in [4.69, 9.17) is 28.4 Å². The number of nitrogens with one attached hydrogen (secondary N) is 1. The number of hydrogen-bond donors (Lipinski definition) is 2. The molecule has 50 heavy (non-hydrogen) atoms. The average Bonchev–Trinajstić information content (AvgIpc) is 3.68. The third-order valence-electron chi connectivity index (χ3n) is 7.59. The van der Waals surface area contributed by atoms with E-state index in [-0.39, 0.29) is 19.2 Å². The zero-order chi connectivity index (χ0) is 35.3. The van der Waals surface area contributed by atoms with Gasteiger partial charge in [-0.3, -0.25) is 0 Å². The van der Waals surface area contributed by atoms with Crippen molar-refractivity contribution in [2.75, 3.05) is 13.2 Å². The Hall–Kier alpha value is -4.89. The first-order chi connectivity index (χ1) is 24.1. The number of benzene rings is 3. The van der Waals surface area contributed by atoms with Crippen LogP contribution < -0.4 is 10.1 Å². The summed E-state index contributed by atoms with van der Waals surface area (Å²) in [6.07, 6.45) is -3.14. The van der Waals surface area contributed by atoms with Crippen molar-refractivity contribution in [2.24, 2.45) is 0 Å². The van der Waals surface area contributed by atoms with Crippen molar-refractivity contribution in [3.63, 3.8) is 0 Å². The number of aliphatic carboxylic acids is 1. The topological polar surface area (TPSA) is 165 Å². The molecule has 0 radical (unpaired) electrons. The second kappa shape index (κ2) is 17.7. The number of amides is 1. The maximum absolute atomic E-state index is 12.2. The summed E-state index contributed by atoms with van der Waals surface area (Å²) in [6, 6.07) is 27.9. The first-order valence-electron chi connectivity index (χ1n) is 16.3. The number of aromatic nitrogens is 4. The van der Waals surface area contributed by atoms with Gasteiger partial charge in [0.15, 0.2) is 6.04 Å². The number of tetrazole rings is 1. The highest BCUT2D eigenvalue weighted by molar-refractivity contribution is 5.80. The standard InChI is InChI=1S/C36H43N5O9/c1-36(2,3)50-35(44)37-28(33(42)43)23-48-34-38-39-40-41(34)19-29-31(46-21-26-15-9-5-10-16-26)32(47-22-27-17-11-6-12-18-27)30(49-29)24-45-20-25-13-7-4-8-14-25/h4-18,28-32H,19-24H2,1-3H3,(H,37,44)(H,42,43)/t28-,29+,30+,31-,32+/m0/s1. The molecule has 1 fully saturated rings. The molecule has 14 nitrogen and oxygen atoms in total.